The average molecular weight is 445 g/mol. The van der Waals surface area contributed by atoms with Crippen LogP contribution in [0.4, 0.5) is 0 Å². The topological polar surface area (TPSA) is 59.1 Å². The summed E-state index contributed by atoms with van der Waals surface area (Å²) in [6.07, 6.45) is 0.829. The van der Waals surface area contributed by atoms with Crippen molar-refractivity contribution in [3.8, 4) is 5.75 Å². The van der Waals surface area contributed by atoms with Crippen LogP contribution < -0.4 is 4.74 Å². The van der Waals surface area contributed by atoms with Gasteiger partial charge in [-0.25, -0.2) is 0 Å². The third-order valence-electron chi connectivity index (χ3n) is 5.38. The number of thiophene rings is 1. The minimum absolute atomic E-state index is 0.0192. The predicted molar refractivity (Wildman–Crippen MR) is 122 cm³/mol. The second-order valence-corrected chi connectivity index (χ2v) is 9.38. The molecule has 0 unspecified atom stereocenters. The van der Waals surface area contributed by atoms with Gasteiger partial charge in [-0.05, 0) is 48.4 Å². The van der Waals surface area contributed by atoms with Gasteiger partial charge in [-0.2, -0.15) is 0 Å². The van der Waals surface area contributed by atoms with E-state index in [9.17, 15) is 9.59 Å². The number of amides is 2. The summed E-state index contributed by atoms with van der Waals surface area (Å²) in [5.74, 6) is 0.834. The van der Waals surface area contributed by atoms with Gasteiger partial charge in [-0.15, -0.1) is 11.3 Å². The Kier molecular flexibility index (Phi) is 8.09. The molecule has 1 aromatic carbocycles. The predicted octanol–water partition coefficient (Wildman–Crippen LogP) is 3.69. The maximum Gasteiger partial charge on any atom is 0.249 e. The third kappa shape index (κ3) is 6.08. The van der Waals surface area contributed by atoms with E-state index in [1.165, 1.54) is 17.6 Å². The smallest absolute Gasteiger partial charge is 0.249 e. The Morgan fingerprint density at radius 3 is 2.65 bits per heavy atom. The van der Waals surface area contributed by atoms with Crippen LogP contribution in [0.5, 0.6) is 5.75 Å². The summed E-state index contributed by atoms with van der Waals surface area (Å²) in [7, 11) is 1.49. The molecular weight excluding hydrogens is 412 g/mol. The van der Waals surface area contributed by atoms with Crippen LogP contribution in [0.1, 0.15) is 35.9 Å². The first-order valence-corrected chi connectivity index (χ1v) is 11.6. The molecule has 31 heavy (non-hydrogen) atoms. The largest absolute Gasteiger partial charge is 0.491 e. The number of aryl methyl sites for hydroxylation is 1. The number of ether oxygens (including phenoxy) is 2. The molecular formula is C24H32N2O4S. The van der Waals surface area contributed by atoms with Crippen molar-refractivity contribution in [2.75, 3.05) is 40.0 Å². The van der Waals surface area contributed by atoms with Gasteiger partial charge in [0, 0.05) is 25.1 Å². The van der Waals surface area contributed by atoms with Crippen LogP contribution in [0, 0.1) is 12.8 Å². The van der Waals surface area contributed by atoms with Crippen LogP contribution in [0.2, 0.25) is 0 Å². The molecule has 1 aromatic heterocycles. The molecule has 168 valence electrons. The van der Waals surface area contributed by atoms with E-state index >= 15 is 0 Å². The number of carbonyl (C=O) groups excluding carboxylic acids is 2. The van der Waals surface area contributed by atoms with Crippen molar-refractivity contribution in [2.24, 2.45) is 5.92 Å². The van der Waals surface area contributed by atoms with Gasteiger partial charge >= 0.3 is 0 Å². The van der Waals surface area contributed by atoms with Gasteiger partial charge in [0.25, 0.3) is 0 Å². The summed E-state index contributed by atoms with van der Waals surface area (Å²) in [6.45, 7) is 7.68. The Morgan fingerprint density at radius 2 is 1.97 bits per heavy atom. The van der Waals surface area contributed by atoms with E-state index in [-0.39, 0.29) is 36.9 Å². The Bertz CT molecular complexity index is 878. The monoisotopic (exact) mass is 444 g/mol. The Labute approximate surface area is 188 Å². The fraction of sp³-hybridized carbons (Fsp3) is 0.500. The van der Waals surface area contributed by atoms with Crippen molar-refractivity contribution in [2.45, 2.75) is 33.2 Å². The number of nitrogens with zero attached hydrogens (tertiary/aromatic N) is 2. The summed E-state index contributed by atoms with van der Waals surface area (Å²) >= 11 is 1.73. The van der Waals surface area contributed by atoms with E-state index in [1.54, 1.807) is 16.2 Å². The highest BCUT2D eigenvalue weighted by Crippen LogP contribution is 2.34. The van der Waals surface area contributed by atoms with E-state index < -0.39 is 0 Å². The van der Waals surface area contributed by atoms with Crippen LogP contribution >= 0.6 is 11.3 Å². The van der Waals surface area contributed by atoms with Crippen molar-refractivity contribution < 1.29 is 19.1 Å². The fourth-order valence-corrected chi connectivity index (χ4v) is 4.78. The van der Waals surface area contributed by atoms with Gasteiger partial charge in [0.15, 0.2) is 0 Å². The van der Waals surface area contributed by atoms with Crippen LogP contribution in [0.3, 0.4) is 0 Å². The van der Waals surface area contributed by atoms with Gasteiger partial charge in [-0.1, -0.05) is 31.5 Å². The Hall–Kier alpha value is -2.38. The SMILES string of the molecule is COCC(=O)N(CC(=O)N1CCc2sccc2[C@@H]1COc1ccc(C)cc1)CC(C)C. The summed E-state index contributed by atoms with van der Waals surface area (Å²) in [5.41, 5.74) is 2.32. The second-order valence-electron chi connectivity index (χ2n) is 8.38. The van der Waals surface area contributed by atoms with Crippen LogP contribution in [-0.4, -0.2) is 61.6 Å². The summed E-state index contributed by atoms with van der Waals surface area (Å²) in [4.78, 5) is 30.6. The maximum absolute atomic E-state index is 13.3. The highest BCUT2D eigenvalue weighted by Gasteiger charge is 2.33. The Balaban J connectivity index is 1.75. The van der Waals surface area contributed by atoms with Crippen molar-refractivity contribution in [1.82, 2.24) is 9.80 Å². The molecule has 3 rings (SSSR count). The summed E-state index contributed by atoms with van der Waals surface area (Å²) in [5, 5.41) is 2.07. The highest BCUT2D eigenvalue weighted by molar-refractivity contribution is 7.10. The fourth-order valence-electron chi connectivity index (χ4n) is 3.85. The molecule has 2 heterocycles. The average Bonchev–Trinajstić information content (AvgIpc) is 3.21. The van der Waals surface area contributed by atoms with E-state index in [1.807, 2.05) is 49.9 Å². The molecule has 2 aromatic rings. The lowest BCUT2D eigenvalue weighted by Gasteiger charge is -2.37. The molecule has 2 amide bonds. The van der Waals surface area contributed by atoms with Crippen LogP contribution in [-0.2, 0) is 20.7 Å². The Morgan fingerprint density at radius 1 is 1.23 bits per heavy atom. The molecule has 0 radical (unpaired) electrons. The highest BCUT2D eigenvalue weighted by atomic mass is 32.1. The molecule has 0 fully saturated rings. The zero-order valence-electron chi connectivity index (χ0n) is 18.8. The first kappa shape index (κ1) is 23.3. The van der Waals surface area contributed by atoms with Crippen LogP contribution in [0.15, 0.2) is 35.7 Å². The molecule has 0 saturated heterocycles. The second kappa shape index (κ2) is 10.8. The first-order chi connectivity index (χ1) is 14.9. The lowest BCUT2D eigenvalue weighted by atomic mass is 10.0. The standard InChI is InChI=1S/C24H32N2O4S/c1-17(2)13-25(24(28)16-29-4)14-23(27)26-11-9-22-20(10-12-31-22)21(26)15-30-19-7-5-18(3)6-8-19/h5-8,10,12,17,21H,9,11,13-16H2,1-4H3/t21-/m0/s1. The normalized spacial score (nSPS) is 15.6. The lowest BCUT2D eigenvalue weighted by molar-refractivity contribution is -0.145. The molecule has 0 bridgehead atoms. The molecule has 0 spiro atoms. The van der Waals surface area contributed by atoms with Crippen molar-refractivity contribution in [3.05, 3.63) is 51.7 Å². The van der Waals surface area contributed by atoms with Gasteiger partial charge in [0.05, 0.1) is 12.6 Å². The summed E-state index contributed by atoms with van der Waals surface area (Å²) < 4.78 is 11.1. The molecule has 0 N–H and O–H groups in total. The van der Waals surface area contributed by atoms with Gasteiger partial charge < -0.3 is 19.3 Å². The number of benzene rings is 1. The zero-order valence-corrected chi connectivity index (χ0v) is 19.6. The van der Waals surface area contributed by atoms with Crippen molar-refractivity contribution in [1.29, 1.82) is 0 Å². The van der Waals surface area contributed by atoms with E-state index in [4.69, 9.17) is 9.47 Å². The molecule has 1 aliphatic rings. The van der Waals surface area contributed by atoms with Crippen molar-refractivity contribution >= 4 is 23.2 Å². The molecule has 7 heteroatoms. The van der Waals surface area contributed by atoms with Crippen molar-refractivity contribution in [3.63, 3.8) is 0 Å². The summed E-state index contributed by atoms with van der Waals surface area (Å²) in [6, 6.07) is 9.85. The number of methoxy groups -OCH3 is 1. The quantitative estimate of drug-likeness (QED) is 0.592. The molecule has 1 atom stereocenters. The molecule has 0 saturated carbocycles. The number of fused-ring (bicyclic) bond motifs is 1. The molecule has 1 aliphatic heterocycles. The van der Waals surface area contributed by atoms with Crippen LogP contribution in [0.25, 0.3) is 0 Å². The third-order valence-corrected chi connectivity index (χ3v) is 6.37. The first-order valence-electron chi connectivity index (χ1n) is 10.7. The zero-order chi connectivity index (χ0) is 22.4. The number of hydrogen-bond acceptors (Lipinski definition) is 5. The number of hydrogen-bond donors (Lipinski definition) is 0. The molecule has 0 aliphatic carbocycles. The maximum atomic E-state index is 13.3. The van der Waals surface area contributed by atoms with E-state index in [2.05, 4.69) is 11.4 Å². The van der Waals surface area contributed by atoms with Gasteiger partial charge in [-0.3, -0.25) is 9.59 Å². The molecule has 6 nitrogen and oxygen atoms in total. The lowest BCUT2D eigenvalue weighted by Crippen LogP contribution is -2.49. The van der Waals surface area contributed by atoms with Gasteiger partial charge in [0.2, 0.25) is 11.8 Å². The minimum Gasteiger partial charge on any atom is -0.491 e. The van der Waals surface area contributed by atoms with Gasteiger partial charge in [0.1, 0.15) is 19.0 Å². The van der Waals surface area contributed by atoms with E-state index in [0.717, 1.165) is 17.7 Å². The number of rotatable bonds is 9. The number of carbonyl (C=O) groups is 2. The minimum atomic E-state index is -0.165. The van der Waals surface area contributed by atoms with E-state index in [0.29, 0.717) is 19.7 Å².